The topological polar surface area (TPSA) is 66.1 Å². The Morgan fingerprint density at radius 3 is 3.15 bits per heavy atom. The van der Waals surface area contributed by atoms with Gasteiger partial charge >= 0.3 is 0 Å². The van der Waals surface area contributed by atoms with Crippen LogP contribution < -0.4 is 16.2 Å². The molecule has 1 aromatic rings. The minimum absolute atomic E-state index is 0.0926. The molecule has 3 atom stereocenters. The van der Waals surface area contributed by atoms with Gasteiger partial charge in [-0.05, 0) is 37.3 Å². The van der Waals surface area contributed by atoms with Crippen molar-refractivity contribution in [2.24, 2.45) is 5.92 Å². The summed E-state index contributed by atoms with van der Waals surface area (Å²) in [6.45, 7) is 2.96. The van der Waals surface area contributed by atoms with Crippen LogP contribution in [0.1, 0.15) is 30.5 Å². The van der Waals surface area contributed by atoms with Gasteiger partial charge in [0.05, 0.1) is 6.42 Å². The fourth-order valence-corrected chi connectivity index (χ4v) is 3.25. The molecule has 1 saturated carbocycles. The number of fused-ring (bicyclic) bond motifs is 1. The van der Waals surface area contributed by atoms with Crippen molar-refractivity contribution >= 4 is 5.91 Å². The Bertz CT molecular complexity index is 473. The van der Waals surface area contributed by atoms with E-state index in [0.29, 0.717) is 18.4 Å². The third kappa shape index (κ3) is 2.99. The summed E-state index contributed by atoms with van der Waals surface area (Å²) in [7, 11) is 0. The van der Waals surface area contributed by atoms with E-state index < -0.39 is 0 Å². The van der Waals surface area contributed by atoms with Crippen molar-refractivity contribution in [3.05, 3.63) is 29.6 Å². The van der Waals surface area contributed by atoms with E-state index in [4.69, 9.17) is 0 Å². The van der Waals surface area contributed by atoms with Gasteiger partial charge in [0.1, 0.15) is 0 Å². The minimum Gasteiger partial charge on any atom is -0.351 e. The zero-order valence-electron chi connectivity index (χ0n) is 11.9. The summed E-state index contributed by atoms with van der Waals surface area (Å²) in [5, 5.41) is 3.18. The van der Waals surface area contributed by atoms with Gasteiger partial charge in [-0.1, -0.05) is 12.5 Å². The fourth-order valence-electron chi connectivity index (χ4n) is 3.25. The van der Waals surface area contributed by atoms with Crippen LogP contribution >= 0.6 is 0 Å². The summed E-state index contributed by atoms with van der Waals surface area (Å²) in [6, 6.07) is 4.54. The number of hydrogen-bond acceptors (Lipinski definition) is 4. The number of nitrogens with one attached hydrogen (secondary N) is 3. The minimum atomic E-state index is 0.0926. The quantitative estimate of drug-likeness (QED) is 0.759. The molecule has 5 nitrogen and oxygen atoms in total. The molecule has 0 aromatic carbocycles. The molecule has 3 N–H and O–H groups in total. The van der Waals surface area contributed by atoms with Crippen LogP contribution in [-0.4, -0.2) is 29.5 Å². The van der Waals surface area contributed by atoms with Gasteiger partial charge in [0.2, 0.25) is 5.91 Å². The maximum Gasteiger partial charge on any atom is 0.224 e. The summed E-state index contributed by atoms with van der Waals surface area (Å²) in [6.07, 6.45) is 5.71. The first-order valence-corrected chi connectivity index (χ1v) is 7.41. The maximum absolute atomic E-state index is 12.2. The standard InChI is InChI=1S/C15H22N4O/c1-10-5-6-11(8-16-10)7-14(20)18-13-4-2-3-12-9-17-19-15(12)13/h5-6,8,12-13,15,17,19H,2-4,7,9H2,1H3,(H,18,20). The smallest absolute Gasteiger partial charge is 0.224 e. The highest BCUT2D eigenvalue weighted by Crippen LogP contribution is 2.26. The second-order valence-corrected chi connectivity index (χ2v) is 5.90. The lowest BCUT2D eigenvalue weighted by molar-refractivity contribution is -0.121. The van der Waals surface area contributed by atoms with Crippen molar-refractivity contribution in [2.75, 3.05) is 6.54 Å². The largest absolute Gasteiger partial charge is 0.351 e. The summed E-state index contributed by atoms with van der Waals surface area (Å²) in [4.78, 5) is 16.4. The Kier molecular flexibility index (Phi) is 3.98. The SMILES string of the molecule is Cc1ccc(CC(=O)NC2CCCC3CNNC32)cn1. The van der Waals surface area contributed by atoms with Crippen LogP contribution in [0.25, 0.3) is 0 Å². The number of pyridine rings is 1. The Balaban J connectivity index is 1.57. The van der Waals surface area contributed by atoms with Gasteiger partial charge in [-0.3, -0.25) is 20.6 Å². The number of rotatable bonds is 3. The summed E-state index contributed by atoms with van der Waals surface area (Å²) >= 11 is 0. The van der Waals surface area contributed by atoms with Gasteiger partial charge < -0.3 is 5.32 Å². The predicted molar refractivity (Wildman–Crippen MR) is 76.9 cm³/mol. The van der Waals surface area contributed by atoms with Crippen molar-refractivity contribution in [2.45, 2.75) is 44.7 Å². The lowest BCUT2D eigenvalue weighted by atomic mass is 9.82. The van der Waals surface area contributed by atoms with Gasteiger partial charge in [-0.25, -0.2) is 0 Å². The number of aryl methyl sites for hydroxylation is 1. The van der Waals surface area contributed by atoms with E-state index in [0.717, 1.165) is 24.2 Å². The molecule has 1 saturated heterocycles. The number of hydrogen-bond donors (Lipinski definition) is 3. The molecule has 3 unspecified atom stereocenters. The number of carbonyl (C=O) groups is 1. The van der Waals surface area contributed by atoms with Gasteiger partial charge in [0.25, 0.3) is 0 Å². The van der Waals surface area contributed by atoms with Crippen LogP contribution in [0.3, 0.4) is 0 Å². The summed E-state index contributed by atoms with van der Waals surface area (Å²) in [5.74, 6) is 0.741. The molecular formula is C15H22N4O. The molecule has 0 spiro atoms. The molecule has 1 amide bonds. The molecule has 0 radical (unpaired) electrons. The van der Waals surface area contributed by atoms with Crippen LogP contribution in [0.2, 0.25) is 0 Å². The highest BCUT2D eigenvalue weighted by molar-refractivity contribution is 5.78. The Morgan fingerprint density at radius 1 is 1.45 bits per heavy atom. The second kappa shape index (κ2) is 5.89. The van der Waals surface area contributed by atoms with Crippen molar-refractivity contribution in [3.63, 3.8) is 0 Å². The van der Waals surface area contributed by atoms with E-state index in [-0.39, 0.29) is 11.9 Å². The molecule has 5 heteroatoms. The zero-order chi connectivity index (χ0) is 13.9. The molecule has 108 valence electrons. The second-order valence-electron chi connectivity index (χ2n) is 5.90. The molecule has 1 aromatic heterocycles. The molecule has 1 aliphatic carbocycles. The predicted octanol–water partition coefficient (Wildman–Crippen LogP) is 0.694. The highest BCUT2D eigenvalue weighted by Gasteiger charge is 2.37. The lowest BCUT2D eigenvalue weighted by Gasteiger charge is -2.33. The van der Waals surface area contributed by atoms with Crippen LogP contribution in [0.5, 0.6) is 0 Å². The molecule has 2 fully saturated rings. The van der Waals surface area contributed by atoms with Crippen LogP contribution in [0.15, 0.2) is 18.3 Å². The first kappa shape index (κ1) is 13.5. The van der Waals surface area contributed by atoms with Gasteiger partial charge in [0.15, 0.2) is 0 Å². The van der Waals surface area contributed by atoms with Crippen molar-refractivity contribution in [1.82, 2.24) is 21.2 Å². The summed E-state index contributed by atoms with van der Waals surface area (Å²) in [5.41, 5.74) is 8.47. The van der Waals surface area contributed by atoms with Gasteiger partial charge in [-0.2, -0.15) is 0 Å². The highest BCUT2D eigenvalue weighted by atomic mass is 16.1. The number of aromatic nitrogens is 1. The Labute approximate surface area is 119 Å². The van der Waals surface area contributed by atoms with Crippen LogP contribution in [0.4, 0.5) is 0 Å². The first-order chi connectivity index (χ1) is 9.72. The third-order valence-corrected chi connectivity index (χ3v) is 4.35. The van der Waals surface area contributed by atoms with E-state index in [1.807, 2.05) is 19.1 Å². The monoisotopic (exact) mass is 274 g/mol. The number of amides is 1. The normalized spacial score (nSPS) is 28.9. The van der Waals surface area contributed by atoms with E-state index in [9.17, 15) is 4.79 Å². The number of hydrazine groups is 1. The molecular weight excluding hydrogens is 252 g/mol. The van der Waals surface area contributed by atoms with Gasteiger partial charge in [0, 0.05) is 30.5 Å². The number of carbonyl (C=O) groups excluding carboxylic acids is 1. The molecule has 1 aliphatic heterocycles. The maximum atomic E-state index is 12.2. The zero-order valence-corrected chi connectivity index (χ0v) is 11.9. The average molecular weight is 274 g/mol. The van der Waals surface area contributed by atoms with E-state index in [2.05, 4.69) is 21.2 Å². The molecule has 2 aliphatic rings. The lowest BCUT2D eigenvalue weighted by Crippen LogP contribution is -2.53. The molecule has 0 bridgehead atoms. The van der Waals surface area contributed by atoms with E-state index in [1.165, 1.54) is 12.8 Å². The Morgan fingerprint density at radius 2 is 2.35 bits per heavy atom. The molecule has 2 heterocycles. The van der Waals surface area contributed by atoms with E-state index in [1.54, 1.807) is 6.20 Å². The Hall–Kier alpha value is -1.46. The van der Waals surface area contributed by atoms with Crippen molar-refractivity contribution < 1.29 is 4.79 Å². The van der Waals surface area contributed by atoms with Gasteiger partial charge in [-0.15, -0.1) is 0 Å². The van der Waals surface area contributed by atoms with Crippen LogP contribution in [-0.2, 0) is 11.2 Å². The van der Waals surface area contributed by atoms with Crippen molar-refractivity contribution in [1.29, 1.82) is 0 Å². The first-order valence-electron chi connectivity index (χ1n) is 7.41. The third-order valence-electron chi connectivity index (χ3n) is 4.35. The molecule has 20 heavy (non-hydrogen) atoms. The van der Waals surface area contributed by atoms with E-state index >= 15 is 0 Å². The van der Waals surface area contributed by atoms with Crippen LogP contribution in [0, 0.1) is 12.8 Å². The van der Waals surface area contributed by atoms with Crippen molar-refractivity contribution in [3.8, 4) is 0 Å². The average Bonchev–Trinajstić information content (AvgIpc) is 2.91. The fraction of sp³-hybridized carbons (Fsp3) is 0.600. The molecule has 3 rings (SSSR count). The number of nitrogens with zero attached hydrogens (tertiary/aromatic N) is 1. The summed E-state index contributed by atoms with van der Waals surface area (Å²) < 4.78 is 0.